The minimum atomic E-state index is -0.158. The van der Waals surface area contributed by atoms with Gasteiger partial charge in [-0.15, -0.1) is 0 Å². The molecular formula is C16H16N4O2S. The fourth-order valence-corrected chi connectivity index (χ4v) is 3.22. The van der Waals surface area contributed by atoms with Gasteiger partial charge in [0.1, 0.15) is 16.4 Å². The molecule has 1 amide bonds. The molecule has 2 aromatic rings. The number of hydrazone groups is 1. The lowest BCUT2D eigenvalue weighted by molar-refractivity contribution is -0.118. The summed E-state index contributed by atoms with van der Waals surface area (Å²) in [7, 11) is 0. The van der Waals surface area contributed by atoms with Crippen molar-refractivity contribution in [2.45, 2.75) is 31.7 Å². The number of fused-ring (bicyclic) bond motifs is 1. The van der Waals surface area contributed by atoms with Crippen LogP contribution in [0.3, 0.4) is 0 Å². The van der Waals surface area contributed by atoms with Crippen LogP contribution in [-0.2, 0) is 4.79 Å². The first-order valence-corrected chi connectivity index (χ1v) is 8.22. The molecule has 3 rings (SSSR count). The first-order valence-electron chi connectivity index (χ1n) is 7.41. The van der Waals surface area contributed by atoms with E-state index in [0.717, 1.165) is 5.56 Å². The van der Waals surface area contributed by atoms with Gasteiger partial charge in [0.15, 0.2) is 5.82 Å². The fourth-order valence-electron chi connectivity index (χ4n) is 2.19. The Labute approximate surface area is 138 Å². The van der Waals surface area contributed by atoms with E-state index < -0.39 is 0 Å². The van der Waals surface area contributed by atoms with Crippen molar-refractivity contribution in [2.75, 3.05) is 5.01 Å². The summed E-state index contributed by atoms with van der Waals surface area (Å²) < 4.78 is 1.49. The Kier molecular flexibility index (Phi) is 4.29. The molecule has 2 heterocycles. The minimum Gasteiger partial charge on any atom is -0.274 e. The van der Waals surface area contributed by atoms with Crippen molar-refractivity contribution in [1.82, 2.24) is 9.55 Å². The molecule has 23 heavy (non-hydrogen) atoms. The average Bonchev–Trinajstić information content (AvgIpc) is 3.04. The maximum Gasteiger partial charge on any atom is 0.248 e. The molecule has 0 unspecified atom stereocenters. The highest BCUT2D eigenvalue weighted by Crippen LogP contribution is 2.37. The van der Waals surface area contributed by atoms with Crippen LogP contribution in [0.4, 0.5) is 5.82 Å². The summed E-state index contributed by atoms with van der Waals surface area (Å²) in [5.41, 5.74) is 0.897. The van der Waals surface area contributed by atoms with Crippen molar-refractivity contribution in [3.8, 4) is 0 Å². The average molecular weight is 328 g/mol. The molecule has 0 N–H and O–H groups in total. The van der Waals surface area contributed by atoms with Crippen molar-refractivity contribution in [3.63, 3.8) is 0 Å². The summed E-state index contributed by atoms with van der Waals surface area (Å²) in [6, 6.07) is 9.59. The molecule has 0 saturated carbocycles. The van der Waals surface area contributed by atoms with Crippen molar-refractivity contribution in [3.05, 3.63) is 42.2 Å². The highest BCUT2D eigenvalue weighted by atomic mass is 32.2. The van der Waals surface area contributed by atoms with E-state index in [1.54, 1.807) is 13.8 Å². The Bertz CT molecular complexity index is 783. The van der Waals surface area contributed by atoms with E-state index in [9.17, 15) is 9.59 Å². The number of benzene rings is 1. The van der Waals surface area contributed by atoms with E-state index in [-0.39, 0.29) is 11.8 Å². The summed E-state index contributed by atoms with van der Waals surface area (Å²) in [5.74, 6) is 0.196. The number of anilines is 1. The molecule has 0 radical (unpaired) electrons. The topological polar surface area (TPSA) is 67.6 Å². The zero-order chi connectivity index (χ0) is 16.4. The number of carbonyl (C=O) groups excluding carboxylic acids is 2. The number of thioether (sulfide) groups is 1. The number of hydrogen-bond donors (Lipinski definition) is 0. The third-order valence-corrected chi connectivity index (χ3v) is 4.50. The van der Waals surface area contributed by atoms with Gasteiger partial charge in [0, 0.05) is 18.4 Å². The van der Waals surface area contributed by atoms with Gasteiger partial charge in [0.2, 0.25) is 11.8 Å². The molecular weight excluding hydrogens is 312 g/mol. The first kappa shape index (κ1) is 15.5. The van der Waals surface area contributed by atoms with Crippen LogP contribution < -0.4 is 5.01 Å². The van der Waals surface area contributed by atoms with E-state index in [1.807, 2.05) is 30.3 Å². The summed E-state index contributed by atoms with van der Waals surface area (Å²) >= 11 is 1.35. The normalized spacial score (nSPS) is 13.5. The molecule has 1 aliphatic rings. The summed E-state index contributed by atoms with van der Waals surface area (Å²) in [6.07, 6.45) is 2.13. The Hall–Kier alpha value is -2.41. The monoisotopic (exact) mass is 328 g/mol. The fraction of sp³-hybridized carbons (Fsp3) is 0.250. The Balaban J connectivity index is 2.10. The van der Waals surface area contributed by atoms with Gasteiger partial charge < -0.3 is 0 Å². The third-order valence-electron chi connectivity index (χ3n) is 3.42. The summed E-state index contributed by atoms with van der Waals surface area (Å²) in [6.45, 7) is 3.57. The van der Waals surface area contributed by atoms with Crippen LogP contribution in [-0.4, -0.2) is 26.4 Å². The molecule has 118 valence electrons. The number of amides is 1. The zero-order valence-electron chi connectivity index (χ0n) is 12.9. The number of hydrogen-bond acceptors (Lipinski definition) is 5. The summed E-state index contributed by atoms with van der Waals surface area (Å²) in [5, 5.41) is 7.04. The largest absolute Gasteiger partial charge is 0.274 e. The van der Waals surface area contributed by atoms with Gasteiger partial charge in [0.25, 0.3) is 0 Å². The van der Waals surface area contributed by atoms with Crippen LogP contribution in [0.5, 0.6) is 0 Å². The molecule has 0 fully saturated rings. The lowest BCUT2D eigenvalue weighted by atomic mass is 10.2. The molecule has 1 aliphatic heterocycles. The molecule has 0 atom stereocenters. The van der Waals surface area contributed by atoms with E-state index in [0.29, 0.717) is 28.7 Å². The number of rotatable bonds is 3. The third kappa shape index (κ3) is 2.79. The SMILES string of the molecule is CCC(=O)N1N=C(c2ccccc2)Sc2c1ncn2C(=O)CC. The van der Waals surface area contributed by atoms with Crippen molar-refractivity contribution < 1.29 is 9.59 Å². The van der Waals surface area contributed by atoms with Crippen molar-refractivity contribution >= 4 is 34.4 Å². The molecule has 0 saturated heterocycles. The molecule has 1 aromatic heterocycles. The second-order valence-corrected chi connectivity index (χ2v) is 5.90. The molecule has 1 aromatic carbocycles. The predicted octanol–water partition coefficient (Wildman–Crippen LogP) is 3.14. The smallest absolute Gasteiger partial charge is 0.248 e. The van der Waals surface area contributed by atoms with E-state index in [2.05, 4.69) is 10.1 Å². The van der Waals surface area contributed by atoms with E-state index in [4.69, 9.17) is 0 Å². The Morgan fingerprint density at radius 1 is 1.09 bits per heavy atom. The Morgan fingerprint density at radius 3 is 2.43 bits per heavy atom. The second-order valence-electron chi connectivity index (χ2n) is 4.92. The van der Waals surface area contributed by atoms with Crippen LogP contribution in [0, 0.1) is 0 Å². The number of aromatic nitrogens is 2. The zero-order valence-corrected chi connectivity index (χ0v) is 13.7. The highest BCUT2D eigenvalue weighted by Gasteiger charge is 2.30. The lowest BCUT2D eigenvalue weighted by Crippen LogP contribution is -2.29. The quantitative estimate of drug-likeness (QED) is 0.868. The van der Waals surface area contributed by atoms with Gasteiger partial charge in [-0.1, -0.05) is 44.2 Å². The van der Waals surface area contributed by atoms with Gasteiger partial charge >= 0.3 is 0 Å². The summed E-state index contributed by atoms with van der Waals surface area (Å²) in [4.78, 5) is 28.6. The maximum absolute atomic E-state index is 12.2. The van der Waals surface area contributed by atoms with Crippen LogP contribution in [0.2, 0.25) is 0 Å². The molecule has 0 aliphatic carbocycles. The minimum absolute atomic E-state index is 0.0653. The van der Waals surface area contributed by atoms with E-state index >= 15 is 0 Å². The highest BCUT2D eigenvalue weighted by molar-refractivity contribution is 8.14. The Morgan fingerprint density at radius 2 is 1.78 bits per heavy atom. The van der Waals surface area contributed by atoms with Crippen LogP contribution in [0.25, 0.3) is 0 Å². The van der Waals surface area contributed by atoms with Gasteiger partial charge in [0.05, 0.1) is 0 Å². The number of imidazole rings is 1. The van der Waals surface area contributed by atoms with Crippen LogP contribution in [0.1, 0.15) is 37.0 Å². The van der Waals surface area contributed by atoms with Crippen molar-refractivity contribution in [2.24, 2.45) is 5.10 Å². The number of nitrogens with zero attached hydrogens (tertiary/aromatic N) is 4. The molecule has 6 nitrogen and oxygen atoms in total. The standard InChI is InChI=1S/C16H16N4O2S/c1-3-12(21)19-10-17-14-16(19)23-15(11-8-6-5-7-9-11)18-20(14)13(22)4-2/h5-10H,3-4H2,1-2H3. The van der Waals surface area contributed by atoms with Crippen LogP contribution in [0.15, 0.2) is 46.8 Å². The first-order chi connectivity index (χ1) is 11.2. The second kappa shape index (κ2) is 6.37. The van der Waals surface area contributed by atoms with Gasteiger partial charge in [-0.05, 0) is 11.8 Å². The number of carbonyl (C=O) groups is 2. The van der Waals surface area contributed by atoms with Crippen molar-refractivity contribution in [1.29, 1.82) is 0 Å². The van der Waals surface area contributed by atoms with Gasteiger partial charge in [-0.2, -0.15) is 10.1 Å². The molecule has 0 bridgehead atoms. The predicted molar refractivity (Wildman–Crippen MR) is 89.8 cm³/mol. The molecule has 0 spiro atoms. The molecule has 7 heteroatoms. The van der Waals surface area contributed by atoms with Gasteiger partial charge in [-0.25, -0.2) is 4.98 Å². The maximum atomic E-state index is 12.2. The van der Waals surface area contributed by atoms with Crippen LogP contribution >= 0.6 is 11.8 Å². The van der Waals surface area contributed by atoms with Gasteiger partial charge in [-0.3, -0.25) is 14.2 Å². The lowest BCUT2D eigenvalue weighted by Gasteiger charge is -2.22. The van der Waals surface area contributed by atoms with E-state index in [1.165, 1.54) is 27.7 Å².